The van der Waals surface area contributed by atoms with E-state index in [0.29, 0.717) is 12.8 Å². The molecule has 0 saturated heterocycles. The number of aromatic nitrogens is 2. The fraction of sp³-hybridized carbons (Fsp3) is 0.483. The first kappa shape index (κ1) is 25.1. The normalized spacial score (nSPS) is 30.2. The maximum absolute atomic E-state index is 13.4. The van der Waals surface area contributed by atoms with Crippen LogP contribution in [0.2, 0.25) is 0 Å². The monoisotopic (exact) mass is 505 g/mol. The van der Waals surface area contributed by atoms with Crippen molar-refractivity contribution in [1.82, 2.24) is 15.3 Å². The lowest BCUT2D eigenvalue weighted by molar-refractivity contribution is -0.144. The number of rotatable bonds is 6. The van der Waals surface area contributed by atoms with Crippen LogP contribution in [0.5, 0.6) is 0 Å². The third kappa shape index (κ3) is 4.27. The number of aliphatic hydroxyl groups is 2. The Kier molecular flexibility index (Phi) is 6.74. The predicted molar refractivity (Wildman–Crippen MR) is 141 cm³/mol. The van der Waals surface area contributed by atoms with Gasteiger partial charge in [-0.3, -0.25) is 9.78 Å². The molecule has 6 nitrogen and oxygen atoms in total. The number of hydrogen-bond acceptors (Lipinski definition) is 6. The molecule has 0 radical (unpaired) electrons. The number of hydrogen-bond donors (Lipinski definition) is 3. The molecule has 3 N–H and O–H groups in total. The zero-order chi connectivity index (χ0) is 25.5. The number of carbonyl (C=O) groups excluding carboxylic acids is 1. The van der Waals surface area contributed by atoms with Crippen molar-refractivity contribution in [3.05, 3.63) is 71.0 Å². The lowest BCUT2D eigenvalue weighted by Gasteiger charge is -2.58. The van der Waals surface area contributed by atoms with Gasteiger partial charge in [-0.2, -0.15) is 0 Å². The Morgan fingerprint density at radius 1 is 1.22 bits per heavy atom. The zero-order valence-electron chi connectivity index (χ0n) is 21.1. The standard InChI is InChI=1S/C29H35N3O3S/c1-18(19-8-5-4-6-9-19)31-25(35)14-21-26-22(36-27(32-26)20-10-7-13-30-16-20)15-23-28(21,2)12-11-24(34)29(23,3)17-33/h4-10,13,16,18,21,23-24,33-34H,11-12,14-15,17H2,1-3H3,(H,31,35). The van der Waals surface area contributed by atoms with Gasteiger partial charge in [0.1, 0.15) is 5.01 Å². The minimum Gasteiger partial charge on any atom is -0.396 e. The van der Waals surface area contributed by atoms with Crippen molar-refractivity contribution in [1.29, 1.82) is 0 Å². The van der Waals surface area contributed by atoms with Crippen LogP contribution in [0, 0.1) is 16.7 Å². The smallest absolute Gasteiger partial charge is 0.221 e. The molecular formula is C29H35N3O3S. The summed E-state index contributed by atoms with van der Waals surface area (Å²) < 4.78 is 0. The lowest BCUT2D eigenvalue weighted by atomic mass is 9.47. The van der Waals surface area contributed by atoms with Gasteiger partial charge in [0.25, 0.3) is 0 Å². The van der Waals surface area contributed by atoms with Crippen molar-refractivity contribution >= 4 is 17.2 Å². The SMILES string of the molecule is CC(NC(=O)CC1c2nc(-c3cccnc3)sc2CC2C(C)(CO)C(O)CCC12C)c1ccccc1. The molecule has 2 aliphatic carbocycles. The third-order valence-corrected chi connectivity index (χ3v) is 10.0. The number of thiazole rings is 1. The molecule has 190 valence electrons. The van der Waals surface area contributed by atoms with Crippen LogP contribution in [0.3, 0.4) is 0 Å². The summed E-state index contributed by atoms with van der Waals surface area (Å²) in [6.45, 7) is 6.17. The summed E-state index contributed by atoms with van der Waals surface area (Å²) >= 11 is 1.65. The second kappa shape index (κ2) is 9.69. The summed E-state index contributed by atoms with van der Waals surface area (Å²) in [7, 11) is 0. The Hall–Kier alpha value is -2.61. The third-order valence-electron chi connectivity index (χ3n) is 8.87. The van der Waals surface area contributed by atoms with Crippen molar-refractivity contribution in [3.8, 4) is 10.6 Å². The van der Waals surface area contributed by atoms with Gasteiger partial charge in [-0.15, -0.1) is 11.3 Å². The molecule has 1 saturated carbocycles. The van der Waals surface area contributed by atoms with Crippen molar-refractivity contribution in [3.63, 3.8) is 0 Å². The first-order valence-electron chi connectivity index (χ1n) is 12.8. The highest BCUT2D eigenvalue weighted by Crippen LogP contribution is 2.62. The average molecular weight is 506 g/mol. The highest BCUT2D eigenvalue weighted by atomic mass is 32.1. The van der Waals surface area contributed by atoms with E-state index < -0.39 is 11.5 Å². The highest BCUT2D eigenvalue weighted by molar-refractivity contribution is 7.15. The van der Waals surface area contributed by atoms with Crippen LogP contribution < -0.4 is 5.32 Å². The molecule has 2 aromatic heterocycles. The van der Waals surface area contributed by atoms with E-state index in [1.165, 1.54) is 0 Å². The number of aliphatic hydroxyl groups excluding tert-OH is 2. The average Bonchev–Trinajstić information content (AvgIpc) is 3.33. The number of benzene rings is 1. The van der Waals surface area contributed by atoms with E-state index in [4.69, 9.17) is 4.98 Å². The number of nitrogens with one attached hydrogen (secondary N) is 1. The molecule has 2 aliphatic rings. The number of carbonyl (C=O) groups is 1. The van der Waals surface area contributed by atoms with E-state index in [1.54, 1.807) is 17.5 Å². The molecule has 36 heavy (non-hydrogen) atoms. The number of fused-ring (bicyclic) bond motifs is 2. The van der Waals surface area contributed by atoms with Crippen LogP contribution >= 0.6 is 11.3 Å². The fourth-order valence-corrected chi connectivity index (χ4v) is 7.73. The number of amides is 1. The van der Waals surface area contributed by atoms with Gasteiger partial charge in [-0.05, 0) is 55.2 Å². The molecule has 6 unspecified atom stereocenters. The first-order valence-corrected chi connectivity index (χ1v) is 13.6. The van der Waals surface area contributed by atoms with E-state index in [1.807, 2.05) is 62.5 Å². The lowest BCUT2D eigenvalue weighted by Crippen LogP contribution is -2.57. The number of pyridine rings is 1. The predicted octanol–water partition coefficient (Wildman–Crippen LogP) is 4.89. The Bertz CT molecular complexity index is 1220. The zero-order valence-corrected chi connectivity index (χ0v) is 22.0. The van der Waals surface area contributed by atoms with Crippen molar-refractivity contribution in [2.45, 2.75) is 64.5 Å². The summed E-state index contributed by atoms with van der Waals surface area (Å²) in [5.74, 6) is -0.0657. The van der Waals surface area contributed by atoms with Gasteiger partial charge in [0.05, 0.1) is 24.4 Å². The van der Waals surface area contributed by atoms with E-state index in [-0.39, 0.29) is 35.8 Å². The number of nitrogens with zero attached hydrogens (tertiary/aromatic N) is 2. The maximum atomic E-state index is 13.4. The summed E-state index contributed by atoms with van der Waals surface area (Å²) in [6, 6.07) is 13.8. The molecule has 0 spiro atoms. The second-order valence-electron chi connectivity index (χ2n) is 11.0. The van der Waals surface area contributed by atoms with Gasteiger partial charge < -0.3 is 15.5 Å². The summed E-state index contributed by atoms with van der Waals surface area (Å²) in [4.78, 5) is 24.0. The molecule has 7 heteroatoms. The van der Waals surface area contributed by atoms with E-state index >= 15 is 0 Å². The molecule has 1 fully saturated rings. The maximum Gasteiger partial charge on any atom is 0.221 e. The molecule has 3 aromatic rings. The molecule has 2 heterocycles. The topological polar surface area (TPSA) is 95.3 Å². The summed E-state index contributed by atoms with van der Waals surface area (Å²) in [5.41, 5.74) is 2.14. The van der Waals surface area contributed by atoms with Gasteiger partial charge >= 0.3 is 0 Å². The molecule has 1 amide bonds. The Balaban J connectivity index is 1.51. The molecule has 6 atom stereocenters. The fourth-order valence-electron chi connectivity index (χ4n) is 6.57. The molecule has 0 bridgehead atoms. The van der Waals surface area contributed by atoms with Crippen molar-refractivity contribution in [2.75, 3.05) is 6.61 Å². The molecule has 5 rings (SSSR count). The van der Waals surface area contributed by atoms with Crippen LogP contribution in [0.1, 0.15) is 68.1 Å². The van der Waals surface area contributed by atoms with Gasteiger partial charge in [0.15, 0.2) is 0 Å². The Morgan fingerprint density at radius 2 is 2.00 bits per heavy atom. The van der Waals surface area contributed by atoms with Gasteiger partial charge in [-0.25, -0.2) is 4.98 Å². The van der Waals surface area contributed by atoms with E-state index in [9.17, 15) is 15.0 Å². The van der Waals surface area contributed by atoms with Crippen LogP contribution in [0.25, 0.3) is 10.6 Å². The van der Waals surface area contributed by atoms with Gasteiger partial charge in [-0.1, -0.05) is 44.2 Å². The van der Waals surface area contributed by atoms with Gasteiger partial charge in [0.2, 0.25) is 5.91 Å². The van der Waals surface area contributed by atoms with Crippen LogP contribution in [-0.2, 0) is 11.2 Å². The molecule has 0 aliphatic heterocycles. The quantitative estimate of drug-likeness (QED) is 0.443. The summed E-state index contributed by atoms with van der Waals surface area (Å²) in [5, 5.41) is 25.5. The van der Waals surface area contributed by atoms with Crippen LogP contribution in [0.15, 0.2) is 54.9 Å². The minimum absolute atomic E-state index is 0.00284. The van der Waals surface area contributed by atoms with Crippen LogP contribution in [-0.4, -0.2) is 38.8 Å². The van der Waals surface area contributed by atoms with Crippen LogP contribution in [0.4, 0.5) is 0 Å². The highest BCUT2D eigenvalue weighted by Gasteiger charge is 2.59. The van der Waals surface area contributed by atoms with E-state index in [2.05, 4.69) is 17.2 Å². The van der Waals surface area contributed by atoms with Crippen molar-refractivity contribution < 1.29 is 15.0 Å². The van der Waals surface area contributed by atoms with Gasteiger partial charge in [0, 0.05) is 40.6 Å². The Morgan fingerprint density at radius 3 is 2.69 bits per heavy atom. The van der Waals surface area contributed by atoms with E-state index in [0.717, 1.165) is 39.5 Å². The second-order valence-corrected chi connectivity index (χ2v) is 12.1. The molecular weight excluding hydrogens is 470 g/mol. The summed E-state index contributed by atoms with van der Waals surface area (Å²) in [6.07, 6.45) is 5.48. The molecule has 1 aromatic carbocycles. The van der Waals surface area contributed by atoms with Crippen molar-refractivity contribution in [2.24, 2.45) is 16.7 Å². The largest absolute Gasteiger partial charge is 0.396 e. The Labute approximate surface area is 216 Å². The minimum atomic E-state index is -0.630. The first-order chi connectivity index (χ1) is 17.3.